The average molecular weight is 604 g/mol. The number of esters is 2. The average Bonchev–Trinajstić information content (AvgIpc) is 3.58. The minimum atomic E-state index is -1.03. The molecule has 1 saturated heterocycles. The van der Waals surface area contributed by atoms with E-state index in [1.54, 1.807) is 25.3 Å². The maximum Gasteiger partial charge on any atom is 0.508 e. The number of cyclic esters (lactones) is 1. The molecular weight excluding hydrogens is 562 g/mol. The van der Waals surface area contributed by atoms with Crippen molar-refractivity contribution < 1.29 is 53.0 Å². The summed E-state index contributed by atoms with van der Waals surface area (Å²) < 4.78 is 34.7. The second-order valence-corrected chi connectivity index (χ2v) is 12.0. The van der Waals surface area contributed by atoms with Gasteiger partial charge in [0.1, 0.15) is 42.3 Å². The molecule has 0 aromatic carbocycles. The molecule has 12 nitrogen and oxygen atoms in total. The third-order valence-corrected chi connectivity index (χ3v) is 9.52. The van der Waals surface area contributed by atoms with Crippen molar-refractivity contribution in [2.24, 2.45) is 29.6 Å². The second-order valence-electron chi connectivity index (χ2n) is 12.0. The standard InChI is InChI=1S/C31H41NO11/c1-15-13-16(2)31-19(14-22(38-5)29(36)41-25(15)18(4)40-30(37)39-12-11-33)8-9-20-23(31)24(34)17(3)26(27(20)43-31)42-28(35)21-7-6-10-32-21/h6-10,13,15,17-20,22-27,32-34H,11-12,14H2,1-5H3/b16-13+/t15-,17-,18-,19-,20-,22+,23+,24-,25+,26-,27-,31+/m1/s1. The summed E-state index contributed by atoms with van der Waals surface area (Å²) in [5.74, 6) is -3.01. The van der Waals surface area contributed by atoms with E-state index in [1.165, 1.54) is 7.11 Å². The number of hydrogen-bond acceptors (Lipinski definition) is 11. The van der Waals surface area contributed by atoms with E-state index in [-0.39, 0.29) is 37.4 Å². The number of aromatic amines is 1. The van der Waals surface area contributed by atoms with Crippen LogP contribution in [-0.2, 0) is 33.2 Å². The van der Waals surface area contributed by atoms with Crippen molar-refractivity contribution in [3.05, 3.63) is 47.8 Å². The van der Waals surface area contributed by atoms with Gasteiger partial charge >= 0.3 is 18.1 Å². The molecule has 5 rings (SSSR count). The monoisotopic (exact) mass is 603 g/mol. The third-order valence-electron chi connectivity index (χ3n) is 9.52. The van der Waals surface area contributed by atoms with Crippen LogP contribution in [0.4, 0.5) is 4.79 Å². The van der Waals surface area contributed by atoms with Crippen LogP contribution in [0.3, 0.4) is 0 Å². The molecule has 1 saturated carbocycles. The lowest BCUT2D eigenvalue weighted by atomic mass is 9.57. The summed E-state index contributed by atoms with van der Waals surface area (Å²) in [5, 5.41) is 20.8. The Kier molecular flexibility index (Phi) is 9.03. The van der Waals surface area contributed by atoms with E-state index >= 15 is 0 Å². The molecule has 1 spiro atoms. The zero-order valence-electron chi connectivity index (χ0n) is 25.0. The highest BCUT2D eigenvalue weighted by Gasteiger charge is 2.69. The number of nitrogens with one attached hydrogen (secondary N) is 1. The first-order valence-corrected chi connectivity index (χ1v) is 14.8. The number of carbonyl (C=O) groups excluding carboxylic acids is 3. The van der Waals surface area contributed by atoms with E-state index in [4.69, 9.17) is 33.5 Å². The van der Waals surface area contributed by atoms with Gasteiger partial charge in [0.2, 0.25) is 0 Å². The topological polar surface area (TPSA) is 163 Å². The van der Waals surface area contributed by atoms with E-state index in [0.717, 1.165) is 5.57 Å². The summed E-state index contributed by atoms with van der Waals surface area (Å²) in [5.41, 5.74) is 0.106. The molecule has 0 amide bonds. The number of ether oxygens (including phenoxy) is 6. The lowest BCUT2D eigenvalue weighted by Crippen LogP contribution is -2.57. The van der Waals surface area contributed by atoms with E-state index in [9.17, 15) is 19.5 Å². The third kappa shape index (κ3) is 5.50. The lowest BCUT2D eigenvalue weighted by Gasteiger charge is -2.48. The molecule has 236 valence electrons. The van der Waals surface area contributed by atoms with Crippen LogP contribution in [0, 0.1) is 29.6 Å². The first kappa shape index (κ1) is 31.2. The van der Waals surface area contributed by atoms with Gasteiger partial charge in [0, 0.05) is 42.9 Å². The number of H-pyrrole nitrogens is 1. The normalized spacial score (nSPS) is 40.3. The van der Waals surface area contributed by atoms with Gasteiger partial charge in [-0.3, -0.25) is 0 Å². The van der Waals surface area contributed by atoms with Gasteiger partial charge in [0.05, 0.1) is 12.7 Å². The van der Waals surface area contributed by atoms with Crippen LogP contribution < -0.4 is 0 Å². The van der Waals surface area contributed by atoms with Crippen LogP contribution in [0.5, 0.6) is 0 Å². The van der Waals surface area contributed by atoms with Gasteiger partial charge in [-0.1, -0.05) is 32.1 Å². The molecule has 3 N–H and O–H groups in total. The van der Waals surface area contributed by atoms with Crippen LogP contribution in [0.2, 0.25) is 0 Å². The molecular formula is C31H41NO11. The van der Waals surface area contributed by atoms with E-state index in [0.29, 0.717) is 5.69 Å². The number of aliphatic hydroxyl groups excluding tert-OH is 2. The quantitative estimate of drug-likeness (QED) is 0.238. The molecule has 12 heteroatoms. The summed E-state index contributed by atoms with van der Waals surface area (Å²) in [6.07, 6.45) is 1.90. The van der Waals surface area contributed by atoms with Crippen LogP contribution in [0.25, 0.3) is 0 Å². The molecule has 2 aliphatic heterocycles. The van der Waals surface area contributed by atoms with Gasteiger partial charge in [-0.15, -0.1) is 0 Å². The Balaban J connectivity index is 1.51. The van der Waals surface area contributed by atoms with E-state index in [2.05, 4.69) is 4.98 Å². The summed E-state index contributed by atoms with van der Waals surface area (Å²) >= 11 is 0. The Morgan fingerprint density at radius 2 is 2.02 bits per heavy atom. The van der Waals surface area contributed by atoms with Crippen molar-refractivity contribution in [1.82, 2.24) is 4.98 Å². The predicted molar refractivity (Wildman–Crippen MR) is 150 cm³/mol. The molecule has 12 atom stereocenters. The smallest absolute Gasteiger partial charge is 0.456 e. The van der Waals surface area contributed by atoms with Crippen LogP contribution in [0.15, 0.2) is 42.1 Å². The van der Waals surface area contributed by atoms with Crippen LogP contribution >= 0.6 is 0 Å². The van der Waals surface area contributed by atoms with Crippen molar-refractivity contribution in [1.29, 1.82) is 0 Å². The van der Waals surface area contributed by atoms with Gasteiger partial charge < -0.3 is 43.6 Å². The van der Waals surface area contributed by atoms with Gasteiger partial charge in [0.15, 0.2) is 6.10 Å². The second kappa shape index (κ2) is 12.4. The van der Waals surface area contributed by atoms with E-state index < -0.39 is 72.2 Å². The molecule has 4 aliphatic rings. The number of methoxy groups -OCH3 is 1. The van der Waals surface area contributed by atoms with Crippen molar-refractivity contribution >= 4 is 18.1 Å². The predicted octanol–water partition coefficient (Wildman–Crippen LogP) is 2.55. The summed E-state index contributed by atoms with van der Waals surface area (Å²) in [6, 6.07) is 3.34. The highest BCUT2D eigenvalue weighted by molar-refractivity contribution is 5.87. The molecule has 0 radical (unpaired) electrons. The fraction of sp³-hybridized carbons (Fsp3) is 0.645. The van der Waals surface area contributed by atoms with Crippen molar-refractivity contribution in [3.8, 4) is 0 Å². The zero-order chi connectivity index (χ0) is 31.1. The molecule has 4 bridgehead atoms. The SMILES string of the molecule is CO[C@H]1C[C@H]2C=C[C@H]3[C@H]4O[C@]2(/C(C)=C/[C@@H](C)[C@@H]([C@@H](C)OC(=O)OCCO)OC1=O)[C@@H]3[C@H](O)[C@@H](C)[C@H]4OC(=O)c1ccc[nH]1. The van der Waals surface area contributed by atoms with Crippen molar-refractivity contribution in [2.45, 2.75) is 76.3 Å². The molecule has 2 fully saturated rings. The fourth-order valence-corrected chi connectivity index (χ4v) is 7.51. The first-order chi connectivity index (χ1) is 20.5. The van der Waals surface area contributed by atoms with E-state index in [1.807, 2.05) is 39.0 Å². The fourth-order valence-electron chi connectivity index (χ4n) is 7.51. The Bertz CT molecular complexity index is 1240. The largest absolute Gasteiger partial charge is 0.508 e. The minimum Gasteiger partial charge on any atom is -0.456 e. The van der Waals surface area contributed by atoms with Gasteiger partial charge in [-0.2, -0.15) is 0 Å². The maximum absolute atomic E-state index is 13.4. The molecule has 1 aromatic heterocycles. The Morgan fingerprint density at radius 3 is 2.70 bits per heavy atom. The summed E-state index contributed by atoms with van der Waals surface area (Å²) in [7, 11) is 1.42. The van der Waals surface area contributed by atoms with Gasteiger partial charge in [0.25, 0.3) is 0 Å². The minimum absolute atomic E-state index is 0.204. The lowest BCUT2D eigenvalue weighted by molar-refractivity contribution is -0.173. The highest BCUT2D eigenvalue weighted by Crippen LogP contribution is 2.61. The number of carbonyl (C=O) groups is 3. The first-order valence-electron chi connectivity index (χ1n) is 14.8. The Labute approximate surface area is 250 Å². The Hall–Kier alpha value is -3.19. The molecule has 2 aliphatic carbocycles. The number of aliphatic hydroxyl groups is 2. The molecule has 43 heavy (non-hydrogen) atoms. The number of aromatic nitrogens is 1. The summed E-state index contributed by atoms with van der Waals surface area (Å²) in [4.78, 5) is 41.4. The zero-order valence-corrected chi connectivity index (χ0v) is 25.0. The van der Waals surface area contributed by atoms with Gasteiger partial charge in [-0.05, 0) is 38.0 Å². The maximum atomic E-state index is 13.4. The van der Waals surface area contributed by atoms with Gasteiger partial charge in [-0.25, -0.2) is 14.4 Å². The summed E-state index contributed by atoms with van der Waals surface area (Å²) in [6.45, 7) is 6.65. The van der Waals surface area contributed by atoms with Crippen LogP contribution in [-0.4, -0.2) is 95.8 Å². The molecule has 0 unspecified atom stereocenters. The van der Waals surface area contributed by atoms with Crippen molar-refractivity contribution in [2.75, 3.05) is 20.3 Å². The number of hydrogen-bond donors (Lipinski definition) is 3. The highest BCUT2D eigenvalue weighted by atomic mass is 16.7. The van der Waals surface area contributed by atoms with Crippen LogP contribution in [0.1, 0.15) is 44.6 Å². The van der Waals surface area contributed by atoms with Crippen molar-refractivity contribution in [3.63, 3.8) is 0 Å². The number of rotatable bonds is 7. The Morgan fingerprint density at radius 1 is 1.26 bits per heavy atom. The molecule has 1 aromatic rings. The molecule has 3 heterocycles.